The molecule has 4 rings (SSSR count). The molecule has 0 radical (unpaired) electrons. The van der Waals surface area contributed by atoms with E-state index >= 15 is 0 Å². The van der Waals surface area contributed by atoms with Crippen molar-refractivity contribution in [2.75, 3.05) is 20.8 Å². The molecule has 158 valence electrons. The normalized spacial score (nSPS) is 10.9. The molecule has 0 aliphatic heterocycles. The van der Waals surface area contributed by atoms with Crippen molar-refractivity contribution in [1.29, 1.82) is 0 Å². The number of carbonyl (C=O) groups is 2. The van der Waals surface area contributed by atoms with Gasteiger partial charge in [-0.05, 0) is 22.9 Å². The summed E-state index contributed by atoms with van der Waals surface area (Å²) in [5.74, 6) is -0.0605. The quantitative estimate of drug-likeness (QED) is 0.419. The van der Waals surface area contributed by atoms with Crippen molar-refractivity contribution in [2.24, 2.45) is 0 Å². The number of para-hydroxylation sites is 1. The fourth-order valence-electron chi connectivity index (χ4n) is 3.64. The fraction of sp³-hybridized carbons (Fsp3) is 0.200. The molecule has 3 aromatic carbocycles. The Bertz CT molecular complexity index is 1240. The zero-order valence-corrected chi connectivity index (χ0v) is 17.5. The van der Waals surface area contributed by atoms with Crippen molar-refractivity contribution in [3.8, 4) is 5.75 Å². The molecule has 0 aliphatic rings. The van der Waals surface area contributed by atoms with Crippen molar-refractivity contribution in [3.05, 3.63) is 78.1 Å². The molecule has 0 unspecified atom stereocenters. The van der Waals surface area contributed by atoms with E-state index in [1.165, 1.54) is 4.90 Å². The van der Waals surface area contributed by atoms with Crippen LogP contribution in [0.15, 0.2) is 71.3 Å². The second-order valence-electron chi connectivity index (χ2n) is 7.32. The molecule has 0 atom stereocenters. The first-order valence-corrected chi connectivity index (χ1v) is 9.96. The summed E-state index contributed by atoms with van der Waals surface area (Å²) < 4.78 is 16.2. The van der Waals surface area contributed by atoms with Crippen molar-refractivity contribution in [1.82, 2.24) is 4.90 Å². The molecular weight excluding hydrogens is 394 g/mol. The lowest BCUT2D eigenvalue weighted by molar-refractivity contribution is -0.151. The van der Waals surface area contributed by atoms with Crippen LogP contribution in [-0.4, -0.2) is 37.5 Å². The maximum atomic E-state index is 12.4. The Morgan fingerprint density at radius 1 is 0.968 bits per heavy atom. The number of rotatable bonds is 7. The number of likely N-dealkylation sites (N-methyl/N-ethyl adjacent to an activating group) is 1. The predicted molar refractivity (Wildman–Crippen MR) is 118 cm³/mol. The number of benzene rings is 3. The largest absolute Gasteiger partial charge is 0.496 e. The highest BCUT2D eigenvalue weighted by molar-refractivity contribution is 6.08. The lowest BCUT2D eigenvalue weighted by Gasteiger charge is -2.18. The number of furan rings is 1. The summed E-state index contributed by atoms with van der Waals surface area (Å²) in [7, 11) is 3.25. The highest BCUT2D eigenvalue weighted by Crippen LogP contribution is 2.30. The van der Waals surface area contributed by atoms with Crippen LogP contribution >= 0.6 is 0 Å². The summed E-state index contributed by atoms with van der Waals surface area (Å²) in [6, 6.07) is 19.3. The number of carbonyl (C=O) groups excluding carboxylic acids is 2. The number of amides is 1. The van der Waals surface area contributed by atoms with Gasteiger partial charge in [0, 0.05) is 30.1 Å². The first-order valence-electron chi connectivity index (χ1n) is 9.96. The maximum Gasteiger partial charge on any atom is 0.310 e. The van der Waals surface area contributed by atoms with Crippen LogP contribution in [0.5, 0.6) is 5.75 Å². The first kappa shape index (κ1) is 20.5. The number of ether oxygens (including phenoxy) is 2. The van der Waals surface area contributed by atoms with E-state index in [4.69, 9.17) is 13.9 Å². The van der Waals surface area contributed by atoms with Crippen LogP contribution in [0.1, 0.15) is 11.1 Å². The van der Waals surface area contributed by atoms with E-state index in [0.29, 0.717) is 17.9 Å². The average molecular weight is 417 g/mol. The van der Waals surface area contributed by atoms with Gasteiger partial charge >= 0.3 is 5.97 Å². The van der Waals surface area contributed by atoms with Crippen LogP contribution < -0.4 is 4.74 Å². The van der Waals surface area contributed by atoms with Gasteiger partial charge in [0.2, 0.25) is 0 Å². The second kappa shape index (κ2) is 8.92. The molecule has 0 saturated heterocycles. The zero-order chi connectivity index (χ0) is 21.8. The summed E-state index contributed by atoms with van der Waals surface area (Å²) >= 11 is 0. The molecule has 4 aromatic rings. The van der Waals surface area contributed by atoms with E-state index in [1.807, 2.05) is 60.7 Å². The zero-order valence-electron chi connectivity index (χ0n) is 17.5. The molecule has 1 aromatic heterocycles. The standard InChI is InChI=1S/C25H23NO5/c1-26(14-18-8-4-6-10-21(18)29-2)23(27)16-31-24(28)13-19-15-30-22-12-11-17-7-3-5-9-20(17)25(19)22/h3-12,15H,13-14,16H2,1-2H3. The number of hydrogen-bond acceptors (Lipinski definition) is 5. The molecule has 31 heavy (non-hydrogen) atoms. The van der Waals surface area contributed by atoms with Crippen LogP contribution in [0.25, 0.3) is 21.7 Å². The molecule has 1 amide bonds. The minimum absolute atomic E-state index is 0.0323. The van der Waals surface area contributed by atoms with Crippen LogP contribution in [0.4, 0.5) is 0 Å². The lowest BCUT2D eigenvalue weighted by atomic mass is 10.0. The summed E-state index contributed by atoms with van der Waals surface area (Å²) in [4.78, 5) is 26.4. The van der Waals surface area contributed by atoms with Crippen LogP contribution in [0, 0.1) is 0 Å². The first-order chi connectivity index (χ1) is 15.1. The van der Waals surface area contributed by atoms with Crippen molar-refractivity contribution in [3.63, 3.8) is 0 Å². The van der Waals surface area contributed by atoms with Crippen molar-refractivity contribution in [2.45, 2.75) is 13.0 Å². The molecule has 6 nitrogen and oxygen atoms in total. The number of methoxy groups -OCH3 is 1. The van der Waals surface area contributed by atoms with Gasteiger partial charge in [0.05, 0.1) is 19.8 Å². The summed E-state index contributed by atoms with van der Waals surface area (Å²) in [6.45, 7) is 0.0414. The third kappa shape index (κ3) is 4.38. The Morgan fingerprint density at radius 2 is 1.74 bits per heavy atom. The SMILES string of the molecule is COc1ccccc1CN(C)C(=O)COC(=O)Cc1coc2ccc3ccccc3c12. The number of esters is 1. The molecule has 0 spiro atoms. The van der Waals surface area contributed by atoms with E-state index in [0.717, 1.165) is 27.3 Å². The number of nitrogens with zero attached hydrogens (tertiary/aromatic N) is 1. The molecule has 1 heterocycles. The topological polar surface area (TPSA) is 69.0 Å². The van der Waals surface area contributed by atoms with E-state index in [-0.39, 0.29) is 18.9 Å². The molecule has 0 saturated carbocycles. The number of fused-ring (bicyclic) bond motifs is 3. The van der Waals surface area contributed by atoms with E-state index < -0.39 is 5.97 Å². The minimum Gasteiger partial charge on any atom is -0.496 e. The maximum absolute atomic E-state index is 12.4. The van der Waals surface area contributed by atoms with Gasteiger partial charge in [-0.1, -0.05) is 48.5 Å². The van der Waals surface area contributed by atoms with Gasteiger partial charge in [-0.15, -0.1) is 0 Å². The monoisotopic (exact) mass is 417 g/mol. The molecule has 0 fully saturated rings. The van der Waals surface area contributed by atoms with Crippen molar-refractivity contribution < 1.29 is 23.5 Å². The van der Waals surface area contributed by atoms with Gasteiger partial charge in [-0.2, -0.15) is 0 Å². The van der Waals surface area contributed by atoms with E-state index in [2.05, 4.69) is 0 Å². The summed E-state index contributed by atoms with van der Waals surface area (Å²) in [5.41, 5.74) is 2.34. The van der Waals surface area contributed by atoms with Gasteiger partial charge in [0.15, 0.2) is 6.61 Å². The van der Waals surface area contributed by atoms with Gasteiger partial charge in [0.1, 0.15) is 11.3 Å². The highest BCUT2D eigenvalue weighted by atomic mass is 16.5. The predicted octanol–water partition coefficient (Wildman–Crippen LogP) is 4.34. The highest BCUT2D eigenvalue weighted by Gasteiger charge is 2.17. The van der Waals surface area contributed by atoms with Crippen LogP contribution in [-0.2, 0) is 27.3 Å². The van der Waals surface area contributed by atoms with Crippen molar-refractivity contribution >= 4 is 33.6 Å². The van der Waals surface area contributed by atoms with Gasteiger partial charge in [-0.3, -0.25) is 9.59 Å². The van der Waals surface area contributed by atoms with E-state index in [9.17, 15) is 9.59 Å². The summed E-state index contributed by atoms with van der Waals surface area (Å²) in [5, 5.41) is 2.98. The lowest BCUT2D eigenvalue weighted by Crippen LogP contribution is -2.31. The Labute approximate surface area is 180 Å². The third-order valence-corrected chi connectivity index (χ3v) is 5.26. The minimum atomic E-state index is -0.477. The van der Waals surface area contributed by atoms with Crippen LogP contribution in [0.3, 0.4) is 0 Å². The molecule has 0 N–H and O–H groups in total. The second-order valence-corrected chi connectivity index (χ2v) is 7.32. The molecule has 0 bridgehead atoms. The molecule has 0 aliphatic carbocycles. The molecule has 6 heteroatoms. The fourth-order valence-corrected chi connectivity index (χ4v) is 3.64. The average Bonchev–Trinajstić information content (AvgIpc) is 3.21. The Balaban J connectivity index is 1.39. The van der Waals surface area contributed by atoms with Gasteiger partial charge in [-0.25, -0.2) is 0 Å². The van der Waals surface area contributed by atoms with Gasteiger partial charge < -0.3 is 18.8 Å². The van der Waals surface area contributed by atoms with Crippen LogP contribution in [0.2, 0.25) is 0 Å². The Hall–Kier alpha value is -3.80. The summed E-state index contributed by atoms with van der Waals surface area (Å²) in [6.07, 6.45) is 1.61. The number of hydrogen-bond donors (Lipinski definition) is 0. The molecular formula is C25H23NO5. The Kier molecular flexibility index (Phi) is 5.89. The van der Waals surface area contributed by atoms with E-state index in [1.54, 1.807) is 20.4 Å². The Morgan fingerprint density at radius 3 is 2.58 bits per heavy atom. The smallest absolute Gasteiger partial charge is 0.310 e. The van der Waals surface area contributed by atoms with Gasteiger partial charge in [0.25, 0.3) is 5.91 Å². The third-order valence-electron chi connectivity index (χ3n) is 5.26.